The van der Waals surface area contributed by atoms with Gasteiger partial charge in [-0.1, -0.05) is 6.08 Å². The summed E-state index contributed by atoms with van der Waals surface area (Å²) in [4.78, 5) is 14.5. The summed E-state index contributed by atoms with van der Waals surface area (Å²) in [6.45, 7) is 5.04. The van der Waals surface area contributed by atoms with Crippen molar-refractivity contribution in [3.8, 4) is 17.2 Å². The van der Waals surface area contributed by atoms with Crippen molar-refractivity contribution in [2.75, 3.05) is 30.5 Å². The predicted molar refractivity (Wildman–Crippen MR) is 127 cm³/mol. The summed E-state index contributed by atoms with van der Waals surface area (Å²) >= 11 is 0. The van der Waals surface area contributed by atoms with Crippen molar-refractivity contribution in [2.24, 2.45) is 0 Å². The molecule has 0 aliphatic carbocycles. The molecule has 184 valence electrons. The Bertz CT molecular complexity index is 1280. The maximum absolute atomic E-state index is 13.5. The highest BCUT2D eigenvalue weighted by Gasteiger charge is 2.35. The lowest BCUT2D eigenvalue weighted by atomic mass is 10.1. The van der Waals surface area contributed by atoms with Gasteiger partial charge in [0.15, 0.2) is 11.6 Å². The smallest absolute Gasteiger partial charge is 0.414 e. The van der Waals surface area contributed by atoms with Crippen LogP contribution >= 0.6 is 0 Å². The SMILES string of the molecule is C/C=C\C(=C(/C)C(F)(F)F)N1CCOc2cnc(Nc3ccc(-n4cnc(C)c4)c(OC)c3)nc21. The zero-order valence-corrected chi connectivity index (χ0v) is 19.7. The Morgan fingerprint density at radius 2 is 2.06 bits per heavy atom. The number of fused-ring (bicyclic) bond motifs is 1. The number of rotatable bonds is 6. The standard InChI is InChI=1S/C24H25F3N6O2/c1-5-6-18(16(3)24(25,26)27)33-9-10-35-21-12-28-23(31-22(21)33)30-17-7-8-19(20(11-17)34-4)32-13-15(2)29-14-32/h5-8,11-14H,9-10H2,1-4H3,(H,28,30,31)/b6-5-,18-16-. The topological polar surface area (TPSA) is 77.3 Å². The summed E-state index contributed by atoms with van der Waals surface area (Å²) in [5.41, 5.74) is 1.60. The number of alkyl halides is 3. The van der Waals surface area contributed by atoms with Crippen molar-refractivity contribution in [1.82, 2.24) is 19.5 Å². The molecule has 1 aliphatic rings. The van der Waals surface area contributed by atoms with Gasteiger partial charge < -0.3 is 24.3 Å². The van der Waals surface area contributed by atoms with Gasteiger partial charge >= 0.3 is 6.18 Å². The molecule has 0 fully saturated rings. The Kier molecular flexibility index (Phi) is 6.68. The number of aryl methyl sites for hydroxylation is 1. The first-order chi connectivity index (χ1) is 16.7. The highest BCUT2D eigenvalue weighted by molar-refractivity contribution is 5.66. The van der Waals surface area contributed by atoms with Gasteiger partial charge in [0.25, 0.3) is 0 Å². The number of benzene rings is 1. The van der Waals surface area contributed by atoms with Gasteiger partial charge in [0.1, 0.15) is 12.4 Å². The second kappa shape index (κ2) is 9.69. The highest BCUT2D eigenvalue weighted by atomic mass is 19.4. The van der Waals surface area contributed by atoms with E-state index in [9.17, 15) is 13.2 Å². The second-order valence-corrected chi connectivity index (χ2v) is 7.82. The summed E-state index contributed by atoms with van der Waals surface area (Å²) in [5.74, 6) is 1.36. The lowest BCUT2D eigenvalue weighted by molar-refractivity contribution is -0.0920. The average molecular weight is 486 g/mol. The molecule has 0 saturated carbocycles. The normalized spacial score (nSPS) is 14.4. The van der Waals surface area contributed by atoms with Gasteiger partial charge in [-0.15, -0.1) is 0 Å². The molecule has 0 saturated heterocycles. The Labute approximate surface area is 200 Å². The first-order valence-electron chi connectivity index (χ1n) is 10.9. The van der Waals surface area contributed by atoms with E-state index >= 15 is 0 Å². The first kappa shape index (κ1) is 24.1. The third-order valence-electron chi connectivity index (χ3n) is 5.41. The van der Waals surface area contributed by atoms with Crippen molar-refractivity contribution in [3.05, 3.63) is 66.0 Å². The zero-order chi connectivity index (χ0) is 25.2. The third-order valence-corrected chi connectivity index (χ3v) is 5.41. The zero-order valence-electron chi connectivity index (χ0n) is 19.7. The molecule has 0 amide bonds. The van der Waals surface area contributed by atoms with E-state index in [-0.39, 0.29) is 30.6 Å². The molecule has 4 rings (SSSR count). The van der Waals surface area contributed by atoms with Gasteiger partial charge in [0, 0.05) is 18.0 Å². The lowest BCUT2D eigenvalue weighted by Crippen LogP contribution is -2.34. The molecule has 11 heteroatoms. The van der Waals surface area contributed by atoms with Gasteiger partial charge in [-0.05, 0) is 39.0 Å². The maximum Gasteiger partial charge on any atom is 0.414 e. The van der Waals surface area contributed by atoms with Crippen molar-refractivity contribution in [1.29, 1.82) is 0 Å². The van der Waals surface area contributed by atoms with Crippen molar-refractivity contribution in [3.63, 3.8) is 0 Å². The molecule has 0 unspecified atom stereocenters. The van der Waals surface area contributed by atoms with Crippen LogP contribution in [0.15, 0.2) is 60.3 Å². The molecule has 0 bridgehead atoms. The Hall–Kier alpha value is -4.02. The molecule has 0 spiro atoms. The van der Waals surface area contributed by atoms with Gasteiger partial charge in [-0.2, -0.15) is 18.2 Å². The number of halogens is 3. The van der Waals surface area contributed by atoms with E-state index in [1.165, 1.54) is 17.2 Å². The van der Waals surface area contributed by atoms with Crippen molar-refractivity contribution < 1.29 is 22.6 Å². The number of nitrogens with zero attached hydrogens (tertiary/aromatic N) is 5. The molecule has 3 heterocycles. The summed E-state index contributed by atoms with van der Waals surface area (Å²) in [6, 6.07) is 5.46. The van der Waals surface area contributed by atoms with Crippen LogP contribution in [-0.2, 0) is 0 Å². The summed E-state index contributed by atoms with van der Waals surface area (Å²) < 4.78 is 53.6. The fraction of sp³-hybridized carbons (Fsp3) is 0.292. The number of ether oxygens (including phenoxy) is 2. The van der Waals surface area contributed by atoms with Crippen LogP contribution in [-0.4, -0.2) is 46.0 Å². The minimum absolute atomic E-state index is 0.0100. The van der Waals surface area contributed by atoms with Crippen molar-refractivity contribution >= 4 is 17.5 Å². The van der Waals surface area contributed by atoms with Crippen LogP contribution in [0.3, 0.4) is 0 Å². The monoisotopic (exact) mass is 486 g/mol. The minimum Gasteiger partial charge on any atom is -0.494 e. The van der Waals surface area contributed by atoms with Crippen LogP contribution in [0.25, 0.3) is 5.69 Å². The van der Waals surface area contributed by atoms with E-state index < -0.39 is 11.7 Å². The van der Waals surface area contributed by atoms with Crippen LogP contribution in [0.1, 0.15) is 19.5 Å². The number of aromatic nitrogens is 4. The van der Waals surface area contributed by atoms with Gasteiger partial charge in [-0.3, -0.25) is 0 Å². The van der Waals surface area contributed by atoms with Gasteiger partial charge in [0.2, 0.25) is 5.95 Å². The largest absolute Gasteiger partial charge is 0.494 e. The summed E-state index contributed by atoms with van der Waals surface area (Å²) in [7, 11) is 1.56. The van der Waals surface area contributed by atoms with Crippen LogP contribution < -0.4 is 19.7 Å². The quantitative estimate of drug-likeness (QED) is 0.472. The van der Waals surface area contributed by atoms with Crippen LogP contribution in [0.4, 0.5) is 30.6 Å². The van der Waals surface area contributed by atoms with E-state index in [0.29, 0.717) is 17.2 Å². The average Bonchev–Trinajstić information content (AvgIpc) is 3.27. The van der Waals surface area contributed by atoms with E-state index in [0.717, 1.165) is 18.3 Å². The van der Waals surface area contributed by atoms with Crippen LogP contribution in [0, 0.1) is 6.92 Å². The molecule has 35 heavy (non-hydrogen) atoms. The number of nitrogens with one attached hydrogen (secondary N) is 1. The molecule has 1 aromatic carbocycles. The molecular weight excluding hydrogens is 461 g/mol. The Morgan fingerprint density at radius 3 is 2.71 bits per heavy atom. The molecule has 1 N–H and O–H groups in total. The fourth-order valence-corrected chi connectivity index (χ4v) is 3.68. The van der Waals surface area contributed by atoms with E-state index in [4.69, 9.17) is 9.47 Å². The summed E-state index contributed by atoms with van der Waals surface area (Å²) in [5, 5.41) is 3.10. The number of hydrogen-bond acceptors (Lipinski definition) is 7. The number of allylic oxidation sites excluding steroid dienone is 3. The Balaban J connectivity index is 1.68. The van der Waals surface area contributed by atoms with Gasteiger partial charge in [-0.25, -0.2) is 9.97 Å². The maximum atomic E-state index is 13.5. The molecule has 3 aromatic rings. The van der Waals surface area contributed by atoms with E-state index in [2.05, 4.69) is 20.3 Å². The van der Waals surface area contributed by atoms with Crippen LogP contribution in [0.5, 0.6) is 11.5 Å². The Morgan fingerprint density at radius 1 is 1.26 bits per heavy atom. The second-order valence-electron chi connectivity index (χ2n) is 7.82. The number of anilines is 3. The lowest BCUT2D eigenvalue weighted by Gasteiger charge is -2.32. The molecule has 1 aliphatic heterocycles. The molecule has 0 atom stereocenters. The fourth-order valence-electron chi connectivity index (χ4n) is 3.68. The summed E-state index contributed by atoms with van der Waals surface area (Å²) in [6.07, 6.45) is 3.54. The van der Waals surface area contributed by atoms with Crippen molar-refractivity contribution in [2.45, 2.75) is 26.9 Å². The highest BCUT2D eigenvalue weighted by Crippen LogP contribution is 2.37. The predicted octanol–water partition coefficient (Wildman–Crippen LogP) is 5.33. The number of hydrogen-bond donors (Lipinski definition) is 1. The van der Waals surface area contributed by atoms with E-state index in [1.807, 2.05) is 29.8 Å². The molecule has 2 aromatic heterocycles. The van der Waals surface area contributed by atoms with E-state index in [1.54, 1.807) is 32.5 Å². The number of methoxy groups -OCH3 is 1. The minimum atomic E-state index is -4.48. The first-order valence-corrected chi connectivity index (χ1v) is 10.9. The molecule has 8 nitrogen and oxygen atoms in total. The number of imidazole rings is 1. The van der Waals surface area contributed by atoms with Crippen LogP contribution in [0.2, 0.25) is 0 Å². The third kappa shape index (κ3) is 5.08. The molecular formula is C24H25F3N6O2. The van der Waals surface area contributed by atoms with Gasteiger partial charge in [0.05, 0.1) is 48.8 Å². The molecule has 0 radical (unpaired) electrons.